The summed E-state index contributed by atoms with van der Waals surface area (Å²) < 4.78 is 37.4. The molecule has 2 heterocycles. The van der Waals surface area contributed by atoms with Gasteiger partial charge in [-0.05, 0) is 23.8 Å². The van der Waals surface area contributed by atoms with Gasteiger partial charge in [-0.25, -0.2) is 8.42 Å². The second kappa shape index (κ2) is 8.95. The number of hydrogen-bond donors (Lipinski definition) is 0. The highest BCUT2D eigenvalue weighted by molar-refractivity contribution is 7.92. The zero-order valence-corrected chi connectivity index (χ0v) is 18.0. The predicted octanol–water partition coefficient (Wildman–Crippen LogP) is 3.13. The summed E-state index contributed by atoms with van der Waals surface area (Å²) in [7, 11) is -1.94. The maximum absolute atomic E-state index is 12.8. The number of fused-ring (bicyclic) bond motifs is 1. The Morgan fingerprint density at radius 1 is 1.10 bits per heavy atom. The molecule has 0 atom stereocenters. The number of ether oxygens (including phenoxy) is 1. The van der Waals surface area contributed by atoms with Crippen LogP contribution in [-0.4, -0.2) is 56.8 Å². The van der Waals surface area contributed by atoms with Gasteiger partial charge in [0.25, 0.3) is 0 Å². The molecule has 1 aromatic heterocycles. The van der Waals surface area contributed by atoms with Crippen LogP contribution in [0, 0.1) is 0 Å². The zero-order valence-electron chi connectivity index (χ0n) is 17.2. The molecule has 1 fully saturated rings. The summed E-state index contributed by atoms with van der Waals surface area (Å²) in [6.07, 6.45) is 3.39. The van der Waals surface area contributed by atoms with Gasteiger partial charge in [-0.15, -0.1) is 0 Å². The number of amides is 1. The van der Waals surface area contributed by atoms with Crippen molar-refractivity contribution in [3.63, 3.8) is 0 Å². The molecule has 1 amide bonds. The minimum absolute atomic E-state index is 0.0459. The van der Waals surface area contributed by atoms with Crippen molar-refractivity contribution < 1.29 is 22.4 Å². The SMILES string of the molecule is COc1ccc2c(CC(=O)N3CCN(S(=O)(=O)/C=C/c4ccccc4)CC3)coc2c1. The van der Waals surface area contributed by atoms with Crippen molar-refractivity contribution in [1.29, 1.82) is 0 Å². The Bertz CT molecular complexity index is 1190. The molecule has 0 radical (unpaired) electrons. The molecule has 7 nitrogen and oxygen atoms in total. The van der Waals surface area contributed by atoms with Crippen molar-refractivity contribution in [1.82, 2.24) is 9.21 Å². The van der Waals surface area contributed by atoms with Crippen LogP contribution in [0.5, 0.6) is 5.75 Å². The highest BCUT2D eigenvalue weighted by Crippen LogP contribution is 2.26. The van der Waals surface area contributed by atoms with Gasteiger partial charge in [-0.2, -0.15) is 4.31 Å². The minimum Gasteiger partial charge on any atom is -0.497 e. The third kappa shape index (κ3) is 4.81. The lowest BCUT2D eigenvalue weighted by Crippen LogP contribution is -2.50. The quantitative estimate of drug-likeness (QED) is 0.588. The Balaban J connectivity index is 1.36. The molecule has 1 aliphatic rings. The first-order valence-corrected chi connectivity index (χ1v) is 11.5. The van der Waals surface area contributed by atoms with E-state index >= 15 is 0 Å². The molecule has 0 bridgehead atoms. The van der Waals surface area contributed by atoms with Gasteiger partial charge in [0.2, 0.25) is 15.9 Å². The van der Waals surface area contributed by atoms with E-state index in [0.717, 1.165) is 16.5 Å². The van der Waals surface area contributed by atoms with Crippen molar-refractivity contribution in [2.45, 2.75) is 6.42 Å². The number of carbonyl (C=O) groups excluding carboxylic acids is 1. The Kier molecular flexibility index (Phi) is 6.11. The molecule has 0 N–H and O–H groups in total. The summed E-state index contributed by atoms with van der Waals surface area (Å²) >= 11 is 0. The van der Waals surface area contributed by atoms with Crippen molar-refractivity contribution in [2.75, 3.05) is 33.3 Å². The molecule has 0 spiro atoms. The standard InChI is InChI=1S/C23H24N2O5S/c1-29-20-7-8-21-19(17-30-22(21)16-20)15-23(26)24-10-12-25(13-11-24)31(27,28)14-9-18-5-3-2-4-6-18/h2-9,14,16-17H,10-13,15H2,1H3/b14-9+. The molecule has 8 heteroatoms. The fraction of sp³-hybridized carbons (Fsp3) is 0.261. The first-order valence-electron chi connectivity index (χ1n) is 10.0. The first-order chi connectivity index (χ1) is 15.0. The highest BCUT2D eigenvalue weighted by atomic mass is 32.2. The maximum atomic E-state index is 12.8. The largest absolute Gasteiger partial charge is 0.497 e. The van der Waals surface area contributed by atoms with Gasteiger partial charge < -0.3 is 14.1 Å². The second-order valence-electron chi connectivity index (χ2n) is 7.34. The van der Waals surface area contributed by atoms with Gasteiger partial charge in [0.1, 0.15) is 11.3 Å². The van der Waals surface area contributed by atoms with Crippen LogP contribution in [0.25, 0.3) is 17.0 Å². The van der Waals surface area contributed by atoms with Crippen molar-refractivity contribution in [3.8, 4) is 5.75 Å². The molecule has 3 aromatic rings. The number of sulfonamides is 1. The van der Waals surface area contributed by atoms with Crippen LogP contribution in [0.3, 0.4) is 0 Å². The monoisotopic (exact) mass is 440 g/mol. The van der Waals surface area contributed by atoms with Crippen LogP contribution in [-0.2, 0) is 21.2 Å². The molecular weight excluding hydrogens is 416 g/mol. The zero-order chi connectivity index (χ0) is 21.8. The van der Waals surface area contributed by atoms with Crippen LogP contribution >= 0.6 is 0 Å². The van der Waals surface area contributed by atoms with Crippen molar-refractivity contribution in [3.05, 3.63) is 71.3 Å². The van der Waals surface area contributed by atoms with Gasteiger partial charge in [-0.1, -0.05) is 30.3 Å². The number of methoxy groups -OCH3 is 1. The lowest BCUT2D eigenvalue weighted by molar-refractivity contribution is -0.131. The van der Waals surface area contributed by atoms with Gasteiger partial charge in [0.15, 0.2) is 0 Å². The van der Waals surface area contributed by atoms with Crippen LogP contribution in [0.4, 0.5) is 0 Å². The highest BCUT2D eigenvalue weighted by Gasteiger charge is 2.27. The lowest BCUT2D eigenvalue weighted by Gasteiger charge is -2.33. The molecule has 0 aliphatic carbocycles. The van der Waals surface area contributed by atoms with Crippen LogP contribution in [0.2, 0.25) is 0 Å². The third-order valence-electron chi connectivity index (χ3n) is 5.39. The molecule has 2 aromatic carbocycles. The molecule has 1 aliphatic heterocycles. The van der Waals surface area contributed by atoms with E-state index in [-0.39, 0.29) is 25.4 Å². The van der Waals surface area contributed by atoms with E-state index < -0.39 is 10.0 Å². The number of carbonyl (C=O) groups is 1. The number of piperazine rings is 1. The van der Waals surface area contributed by atoms with Gasteiger partial charge in [0, 0.05) is 48.6 Å². The number of hydrogen-bond acceptors (Lipinski definition) is 5. The number of furan rings is 1. The summed E-state index contributed by atoms with van der Waals surface area (Å²) in [6, 6.07) is 14.8. The van der Waals surface area contributed by atoms with E-state index in [2.05, 4.69) is 0 Å². The fourth-order valence-electron chi connectivity index (χ4n) is 3.61. The fourth-order valence-corrected chi connectivity index (χ4v) is 4.78. The van der Waals surface area contributed by atoms with Crippen LogP contribution in [0.15, 0.2) is 64.6 Å². The number of rotatable bonds is 6. The molecular formula is C23H24N2O5S. The predicted molar refractivity (Wildman–Crippen MR) is 119 cm³/mol. The molecule has 0 unspecified atom stereocenters. The van der Waals surface area contributed by atoms with E-state index in [0.29, 0.717) is 24.4 Å². The Morgan fingerprint density at radius 3 is 2.55 bits per heavy atom. The summed E-state index contributed by atoms with van der Waals surface area (Å²) in [6.45, 7) is 1.27. The minimum atomic E-state index is -3.53. The lowest BCUT2D eigenvalue weighted by atomic mass is 10.1. The smallest absolute Gasteiger partial charge is 0.236 e. The first kappa shape index (κ1) is 21.1. The van der Waals surface area contributed by atoms with Gasteiger partial charge in [0.05, 0.1) is 19.8 Å². The summed E-state index contributed by atoms with van der Waals surface area (Å²) in [5, 5.41) is 2.10. The average molecular weight is 441 g/mol. The summed E-state index contributed by atoms with van der Waals surface area (Å²) in [5.74, 6) is 0.647. The normalized spacial score (nSPS) is 15.6. The molecule has 1 saturated heterocycles. The van der Waals surface area contributed by atoms with Gasteiger partial charge >= 0.3 is 0 Å². The van der Waals surface area contributed by atoms with E-state index in [1.165, 1.54) is 9.71 Å². The van der Waals surface area contributed by atoms with E-state index in [4.69, 9.17) is 9.15 Å². The summed E-state index contributed by atoms with van der Waals surface area (Å²) in [4.78, 5) is 14.5. The molecule has 0 saturated carbocycles. The molecule has 31 heavy (non-hydrogen) atoms. The van der Waals surface area contributed by atoms with Crippen molar-refractivity contribution >= 4 is 33.0 Å². The average Bonchev–Trinajstić information content (AvgIpc) is 3.20. The number of benzene rings is 2. The van der Waals surface area contributed by atoms with E-state index in [1.807, 2.05) is 42.5 Å². The third-order valence-corrected chi connectivity index (χ3v) is 6.95. The summed E-state index contributed by atoms with van der Waals surface area (Å²) in [5.41, 5.74) is 2.30. The van der Waals surface area contributed by atoms with Gasteiger partial charge in [-0.3, -0.25) is 4.79 Å². The molecule has 162 valence electrons. The Labute approximate surface area is 181 Å². The maximum Gasteiger partial charge on any atom is 0.236 e. The molecule has 4 rings (SSSR count). The van der Waals surface area contributed by atoms with E-state index in [1.54, 1.807) is 30.4 Å². The second-order valence-corrected chi connectivity index (χ2v) is 9.16. The number of nitrogens with zero attached hydrogens (tertiary/aromatic N) is 2. The van der Waals surface area contributed by atoms with Crippen LogP contribution in [0.1, 0.15) is 11.1 Å². The van der Waals surface area contributed by atoms with E-state index in [9.17, 15) is 13.2 Å². The topological polar surface area (TPSA) is 80.1 Å². The Morgan fingerprint density at radius 2 is 1.84 bits per heavy atom. The van der Waals surface area contributed by atoms with Crippen molar-refractivity contribution in [2.24, 2.45) is 0 Å². The van der Waals surface area contributed by atoms with Crippen LogP contribution < -0.4 is 4.74 Å². The Hall–Kier alpha value is -3.10.